The van der Waals surface area contributed by atoms with Crippen molar-refractivity contribution in [2.24, 2.45) is 0 Å². The van der Waals surface area contributed by atoms with Crippen molar-refractivity contribution in [3.8, 4) is 5.75 Å². The van der Waals surface area contributed by atoms with E-state index in [0.717, 1.165) is 11.1 Å². The number of ether oxygens (including phenoxy) is 1. The summed E-state index contributed by atoms with van der Waals surface area (Å²) in [6.07, 6.45) is 1.93. The number of rotatable bonds is 5. The largest absolute Gasteiger partial charge is 0.413 e. The molecule has 108 valence electrons. The highest BCUT2D eigenvalue weighted by molar-refractivity contribution is 5.71. The molecule has 0 spiro atoms. The second kappa shape index (κ2) is 7.29. The van der Waals surface area contributed by atoms with E-state index < -0.39 is 6.09 Å². The van der Waals surface area contributed by atoms with E-state index in [1.54, 1.807) is 18.2 Å². The lowest BCUT2D eigenvalue weighted by Gasteiger charge is -2.14. The van der Waals surface area contributed by atoms with Crippen LogP contribution >= 0.6 is 0 Å². The van der Waals surface area contributed by atoms with Crippen LogP contribution in [0.5, 0.6) is 5.75 Å². The summed E-state index contributed by atoms with van der Waals surface area (Å²) in [7, 11) is 0. The Balaban J connectivity index is 1.90. The van der Waals surface area contributed by atoms with Gasteiger partial charge in [-0.25, -0.2) is 4.79 Å². The molecule has 1 amide bonds. The van der Waals surface area contributed by atoms with Gasteiger partial charge in [-0.1, -0.05) is 54.1 Å². The van der Waals surface area contributed by atoms with Gasteiger partial charge in [-0.15, -0.1) is 6.58 Å². The second-order valence-electron chi connectivity index (χ2n) is 4.88. The average Bonchev–Trinajstić information content (AvgIpc) is 2.50. The Kier molecular flexibility index (Phi) is 5.16. The first-order valence-electron chi connectivity index (χ1n) is 6.89. The number of carbonyl (C=O) groups is 1. The molecule has 0 aromatic heterocycles. The first kappa shape index (κ1) is 14.9. The lowest BCUT2D eigenvalue weighted by atomic mass is 10.1. The number of benzene rings is 2. The van der Waals surface area contributed by atoms with E-state index in [1.165, 1.54) is 0 Å². The Hall–Kier alpha value is -2.55. The summed E-state index contributed by atoms with van der Waals surface area (Å²) in [5.74, 6) is 0.528. The normalized spacial score (nSPS) is 11.5. The highest BCUT2D eigenvalue weighted by Crippen LogP contribution is 2.12. The van der Waals surface area contributed by atoms with E-state index in [-0.39, 0.29) is 6.04 Å². The van der Waals surface area contributed by atoms with Gasteiger partial charge in [0.25, 0.3) is 0 Å². The summed E-state index contributed by atoms with van der Waals surface area (Å²) in [4.78, 5) is 11.9. The molecule has 0 radical (unpaired) electrons. The van der Waals surface area contributed by atoms with Crippen molar-refractivity contribution in [2.45, 2.75) is 19.4 Å². The molecule has 21 heavy (non-hydrogen) atoms. The maximum absolute atomic E-state index is 11.9. The van der Waals surface area contributed by atoms with Crippen LogP contribution in [-0.2, 0) is 6.42 Å². The number of hydrogen-bond donors (Lipinski definition) is 1. The molecule has 0 aliphatic heterocycles. The summed E-state index contributed by atoms with van der Waals surface area (Å²) < 4.78 is 5.24. The molecule has 3 heteroatoms. The van der Waals surface area contributed by atoms with Gasteiger partial charge in [0.2, 0.25) is 0 Å². The van der Waals surface area contributed by atoms with Crippen molar-refractivity contribution in [2.75, 3.05) is 0 Å². The zero-order chi connectivity index (χ0) is 15.1. The fraction of sp³-hybridized carbons (Fsp3) is 0.167. The van der Waals surface area contributed by atoms with Crippen LogP contribution in [0.25, 0.3) is 0 Å². The van der Waals surface area contributed by atoms with Crippen LogP contribution < -0.4 is 10.1 Å². The second-order valence-corrected chi connectivity index (χ2v) is 4.88. The lowest BCUT2D eigenvalue weighted by Crippen LogP contribution is -2.36. The van der Waals surface area contributed by atoms with Crippen molar-refractivity contribution in [1.82, 2.24) is 5.32 Å². The van der Waals surface area contributed by atoms with Crippen molar-refractivity contribution in [3.63, 3.8) is 0 Å². The first-order chi connectivity index (χ1) is 10.2. The number of amides is 1. The van der Waals surface area contributed by atoms with Crippen LogP contribution in [0, 0.1) is 6.92 Å². The van der Waals surface area contributed by atoms with Gasteiger partial charge in [-0.05, 0) is 31.0 Å². The molecule has 0 fully saturated rings. The lowest BCUT2D eigenvalue weighted by molar-refractivity contribution is 0.198. The first-order valence-corrected chi connectivity index (χ1v) is 6.89. The third kappa shape index (κ3) is 4.80. The third-order valence-corrected chi connectivity index (χ3v) is 3.12. The fourth-order valence-electron chi connectivity index (χ4n) is 1.96. The molecule has 2 aromatic carbocycles. The number of nitrogens with one attached hydrogen (secondary N) is 1. The third-order valence-electron chi connectivity index (χ3n) is 3.12. The van der Waals surface area contributed by atoms with Crippen LogP contribution in [0.15, 0.2) is 67.3 Å². The molecule has 0 saturated carbocycles. The van der Waals surface area contributed by atoms with Crippen LogP contribution in [0.1, 0.15) is 11.1 Å². The molecule has 1 unspecified atom stereocenters. The molecule has 1 atom stereocenters. The molecule has 0 heterocycles. The standard InChI is InChI=1S/C18H19NO2/c1-3-16(13-15-7-5-4-6-8-15)19-18(20)21-17-11-9-14(2)10-12-17/h3-12,16H,1,13H2,2H3,(H,19,20). The summed E-state index contributed by atoms with van der Waals surface area (Å²) in [5.41, 5.74) is 2.26. The zero-order valence-electron chi connectivity index (χ0n) is 12.1. The molecule has 2 rings (SSSR count). The topological polar surface area (TPSA) is 38.3 Å². The Morgan fingerprint density at radius 1 is 1.19 bits per heavy atom. The van der Waals surface area contributed by atoms with E-state index in [9.17, 15) is 4.79 Å². The molecule has 1 N–H and O–H groups in total. The summed E-state index contributed by atoms with van der Waals surface area (Å²) >= 11 is 0. The van der Waals surface area contributed by atoms with Gasteiger partial charge in [-0.2, -0.15) is 0 Å². The number of aryl methyl sites for hydroxylation is 1. The molecule has 0 saturated heterocycles. The average molecular weight is 281 g/mol. The smallest absolute Gasteiger partial charge is 0.410 e. The minimum absolute atomic E-state index is 0.162. The SMILES string of the molecule is C=CC(Cc1ccccc1)NC(=O)Oc1ccc(C)cc1. The maximum atomic E-state index is 11.9. The highest BCUT2D eigenvalue weighted by Gasteiger charge is 2.11. The van der Waals surface area contributed by atoms with Crippen molar-refractivity contribution in [1.29, 1.82) is 0 Å². The minimum Gasteiger partial charge on any atom is -0.410 e. The van der Waals surface area contributed by atoms with Crippen LogP contribution in [-0.4, -0.2) is 12.1 Å². The Labute approximate surface area is 125 Å². The molecule has 0 bridgehead atoms. The maximum Gasteiger partial charge on any atom is 0.413 e. The predicted octanol–water partition coefficient (Wildman–Crippen LogP) is 3.88. The minimum atomic E-state index is -0.473. The van der Waals surface area contributed by atoms with Gasteiger partial charge >= 0.3 is 6.09 Å². The number of hydrogen-bond acceptors (Lipinski definition) is 2. The van der Waals surface area contributed by atoms with Gasteiger partial charge in [0.15, 0.2) is 0 Å². The van der Waals surface area contributed by atoms with Crippen LogP contribution in [0.3, 0.4) is 0 Å². The van der Waals surface area contributed by atoms with Crippen LogP contribution in [0.4, 0.5) is 4.79 Å². The predicted molar refractivity (Wildman–Crippen MR) is 84.5 cm³/mol. The van der Waals surface area contributed by atoms with Crippen molar-refractivity contribution < 1.29 is 9.53 Å². The summed E-state index contributed by atoms with van der Waals surface area (Å²) in [6.45, 7) is 5.74. The summed E-state index contributed by atoms with van der Waals surface area (Å²) in [6, 6.07) is 17.1. The van der Waals surface area contributed by atoms with Gasteiger partial charge in [-0.3, -0.25) is 0 Å². The molecule has 2 aromatic rings. The molecule has 0 aliphatic carbocycles. The zero-order valence-corrected chi connectivity index (χ0v) is 12.1. The van der Waals surface area contributed by atoms with E-state index in [1.807, 2.05) is 49.4 Å². The van der Waals surface area contributed by atoms with E-state index in [0.29, 0.717) is 12.2 Å². The van der Waals surface area contributed by atoms with Gasteiger partial charge in [0.1, 0.15) is 5.75 Å². The Morgan fingerprint density at radius 2 is 1.86 bits per heavy atom. The quantitative estimate of drug-likeness (QED) is 0.845. The Morgan fingerprint density at radius 3 is 2.48 bits per heavy atom. The molecular formula is C18H19NO2. The van der Waals surface area contributed by atoms with Crippen LogP contribution in [0.2, 0.25) is 0 Å². The number of carbonyl (C=O) groups excluding carboxylic acids is 1. The highest BCUT2D eigenvalue weighted by atomic mass is 16.6. The Bertz CT molecular complexity index is 590. The van der Waals surface area contributed by atoms with Crippen molar-refractivity contribution >= 4 is 6.09 Å². The van der Waals surface area contributed by atoms with E-state index >= 15 is 0 Å². The van der Waals surface area contributed by atoms with Gasteiger partial charge < -0.3 is 10.1 Å². The molecular weight excluding hydrogens is 262 g/mol. The van der Waals surface area contributed by atoms with E-state index in [4.69, 9.17) is 4.74 Å². The molecule has 3 nitrogen and oxygen atoms in total. The van der Waals surface area contributed by atoms with Gasteiger partial charge in [0.05, 0.1) is 6.04 Å². The summed E-state index contributed by atoms with van der Waals surface area (Å²) in [5, 5.41) is 2.80. The van der Waals surface area contributed by atoms with Gasteiger partial charge in [0, 0.05) is 0 Å². The molecule has 0 aliphatic rings. The van der Waals surface area contributed by atoms with Crippen molar-refractivity contribution in [3.05, 3.63) is 78.4 Å². The van der Waals surface area contributed by atoms with E-state index in [2.05, 4.69) is 11.9 Å². The fourth-order valence-corrected chi connectivity index (χ4v) is 1.96. The monoisotopic (exact) mass is 281 g/mol.